The number of likely N-dealkylation sites (tertiary alicyclic amines) is 1. The molecule has 3 rings (SSSR count). The molecule has 1 atom stereocenters. The van der Waals surface area contributed by atoms with E-state index in [1.165, 1.54) is 6.92 Å². The molecule has 0 spiro atoms. The maximum absolute atomic E-state index is 13.6. The topological polar surface area (TPSA) is 92.3 Å². The average molecular weight is 415 g/mol. The zero-order valence-electron chi connectivity index (χ0n) is 17.7. The molecular weight excluding hydrogens is 382 g/mol. The first kappa shape index (κ1) is 22.2. The second kappa shape index (κ2) is 9.98. The van der Waals surface area contributed by atoms with E-state index >= 15 is 0 Å². The molecule has 7 nitrogen and oxygen atoms in total. The first-order valence-corrected chi connectivity index (χ1v) is 11.0. The fraction of sp³-hybridized carbons (Fsp3) is 0.565. The minimum absolute atomic E-state index is 0.00316. The number of nitrogens with zero attached hydrogens (tertiary/aromatic N) is 1. The summed E-state index contributed by atoms with van der Waals surface area (Å²) >= 11 is 0. The third kappa shape index (κ3) is 5.14. The van der Waals surface area contributed by atoms with Crippen molar-refractivity contribution in [3.8, 4) is 0 Å². The summed E-state index contributed by atoms with van der Waals surface area (Å²) in [5, 5.41) is 5.58. The third-order valence-electron chi connectivity index (χ3n) is 6.23. The highest BCUT2D eigenvalue weighted by Crippen LogP contribution is 2.24. The second-order valence-electron chi connectivity index (χ2n) is 8.52. The highest BCUT2D eigenvalue weighted by molar-refractivity contribution is 6.33. The van der Waals surface area contributed by atoms with Gasteiger partial charge in [0.25, 0.3) is 0 Å². The Kier molecular flexibility index (Phi) is 7.37. The van der Waals surface area contributed by atoms with E-state index in [0.717, 1.165) is 37.7 Å². The maximum atomic E-state index is 13.6. The van der Waals surface area contributed by atoms with Gasteiger partial charge in [0.2, 0.25) is 5.91 Å². The van der Waals surface area contributed by atoms with Gasteiger partial charge in [0.1, 0.15) is 6.04 Å². The van der Waals surface area contributed by atoms with Crippen molar-refractivity contribution in [2.24, 2.45) is 0 Å². The Morgan fingerprint density at radius 1 is 0.967 bits per heavy atom. The van der Waals surface area contributed by atoms with Crippen LogP contribution in [0.3, 0.4) is 0 Å². The average Bonchev–Trinajstić information content (AvgIpc) is 3.24. The number of hydrogen-bond donors (Lipinski definition) is 2. The van der Waals surface area contributed by atoms with Crippen LogP contribution >= 0.6 is 0 Å². The van der Waals surface area contributed by atoms with Crippen molar-refractivity contribution >= 4 is 23.6 Å². The van der Waals surface area contributed by atoms with Gasteiger partial charge in [0, 0.05) is 32.2 Å². The van der Waals surface area contributed by atoms with Gasteiger partial charge in [0.05, 0.1) is 13.1 Å². The quantitative estimate of drug-likeness (QED) is 0.568. The van der Waals surface area contributed by atoms with E-state index in [2.05, 4.69) is 10.6 Å². The summed E-state index contributed by atoms with van der Waals surface area (Å²) in [5.74, 6) is -2.08. The van der Waals surface area contributed by atoms with Crippen LogP contribution in [0.4, 0.5) is 0 Å². The number of nitrogens with one attached hydrogen (secondary N) is 2. The Balaban J connectivity index is 1.80. The second-order valence-corrected chi connectivity index (χ2v) is 8.52. The Labute approximate surface area is 177 Å². The first-order chi connectivity index (χ1) is 14.4. The number of quaternary nitrogens is 1. The summed E-state index contributed by atoms with van der Waals surface area (Å²) in [6.07, 6.45) is 6.66. The molecule has 1 aromatic rings. The van der Waals surface area contributed by atoms with Gasteiger partial charge in [-0.1, -0.05) is 49.6 Å². The molecule has 0 bridgehead atoms. The van der Waals surface area contributed by atoms with Crippen molar-refractivity contribution in [2.45, 2.75) is 70.4 Å². The molecule has 1 saturated heterocycles. The first-order valence-electron chi connectivity index (χ1n) is 11.0. The molecular formula is C23H32N3O4+. The van der Waals surface area contributed by atoms with E-state index in [1.807, 2.05) is 30.3 Å². The molecule has 1 aliphatic carbocycles. The van der Waals surface area contributed by atoms with Crippen molar-refractivity contribution in [3.05, 3.63) is 35.9 Å². The Morgan fingerprint density at radius 2 is 1.60 bits per heavy atom. The Bertz CT molecular complexity index is 781. The van der Waals surface area contributed by atoms with Crippen LogP contribution in [0.1, 0.15) is 57.4 Å². The Hall–Kier alpha value is -2.54. The molecule has 2 fully saturated rings. The summed E-state index contributed by atoms with van der Waals surface area (Å²) in [4.78, 5) is 51.4. The van der Waals surface area contributed by atoms with E-state index in [9.17, 15) is 19.2 Å². The molecule has 1 saturated carbocycles. The fourth-order valence-electron chi connectivity index (χ4n) is 4.68. The highest BCUT2D eigenvalue weighted by atomic mass is 16.2. The summed E-state index contributed by atoms with van der Waals surface area (Å²) in [7, 11) is 0. The van der Waals surface area contributed by atoms with Crippen LogP contribution in [0.25, 0.3) is 0 Å². The molecule has 30 heavy (non-hydrogen) atoms. The molecule has 1 aromatic carbocycles. The van der Waals surface area contributed by atoms with Crippen molar-refractivity contribution in [3.63, 3.8) is 0 Å². The molecule has 0 radical (unpaired) electrons. The minimum atomic E-state index is -0.852. The zero-order chi connectivity index (χ0) is 21.6. The van der Waals surface area contributed by atoms with Gasteiger partial charge >= 0.3 is 17.7 Å². The lowest BCUT2D eigenvalue weighted by Crippen LogP contribution is -2.65. The van der Waals surface area contributed by atoms with Crippen molar-refractivity contribution in [1.82, 2.24) is 10.6 Å². The molecule has 162 valence electrons. The van der Waals surface area contributed by atoms with Crippen molar-refractivity contribution < 1.29 is 23.7 Å². The Morgan fingerprint density at radius 3 is 2.20 bits per heavy atom. The van der Waals surface area contributed by atoms with E-state index in [4.69, 9.17) is 0 Å². The molecule has 1 heterocycles. The van der Waals surface area contributed by atoms with Crippen LogP contribution in [0.15, 0.2) is 30.3 Å². The summed E-state index contributed by atoms with van der Waals surface area (Å²) < 4.78 is -0.504. The van der Waals surface area contributed by atoms with Crippen LogP contribution in [-0.2, 0) is 25.6 Å². The predicted molar refractivity (Wildman–Crippen MR) is 112 cm³/mol. The monoisotopic (exact) mass is 414 g/mol. The minimum Gasteiger partial charge on any atom is -0.342 e. The summed E-state index contributed by atoms with van der Waals surface area (Å²) in [5.41, 5.74) is 0.890. The standard InChI is InChI=1S/C23H31N3O4/c1-17(27)24-20(16-18-10-4-2-5-11-18)22(29)26(14-8-9-15-26)23(30)21(28)25-19-12-6-3-7-13-19/h2,4-5,10-11,19-20H,3,6-9,12-16H2,1H3,(H-,24,25,27,28)/p+1. The van der Waals surface area contributed by atoms with Crippen molar-refractivity contribution in [2.75, 3.05) is 13.1 Å². The number of imide groups is 1. The normalized spacial score (nSPS) is 19.6. The lowest BCUT2D eigenvalue weighted by Gasteiger charge is -2.32. The molecule has 2 N–H and O–H groups in total. The number of amides is 4. The fourth-order valence-corrected chi connectivity index (χ4v) is 4.68. The smallest absolute Gasteiger partial charge is 0.342 e. The van der Waals surface area contributed by atoms with Crippen LogP contribution in [-0.4, -0.2) is 53.3 Å². The van der Waals surface area contributed by atoms with Gasteiger partial charge in [0.15, 0.2) is 0 Å². The van der Waals surface area contributed by atoms with E-state index in [1.54, 1.807) is 0 Å². The van der Waals surface area contributed by atoms with Gasteiger partial charge in [-0.2, -0.15) is 4.48 Å². The van der Waals surface area contributed by atoms with Crippen LogP contribution in [0, 0.1) is 0 Å². The van der Waals surface area contributed by atoms with Gasteiger partial charge < -0.3 is 10.6 Å². The van der Waals surface area contributed by atoms with Gasteiger partial charge in [-0.15, -0.1) is 0 Å². The summed E-state index contributed by atoms with van der Waals surface area (Å²) in [6.45, 7) is 1.97. The lowest BCUT2D eigenvalue weighted by atomic mass is 9.95. The molecule has 1 aliphatic heterocycles. The lowest BCUT2D eigenvalue weighted by molar-refractivity contribution is -0.762. The molecule has 2 aliphatic rings. The molecule has 0 aromatic heterocycles. The van der Waals surface area contributed by atoms with Gasteiger partial charge in [-0.3, -0.25) is 9.59 Å². The number of rotatable bonds is 5. The van der Waals surface area contributed by atoms with Crippen LogP contribution in [0.5, 0.6) is 0 Å². The SMILES string of the molecule is CC(=O)NC(Cc1ccccc1)C(=O)[N+]1(C(=O)C(=O)NC2CCCCC2)CCCC1. The van der Waals surface area contributed by atoms with E-state index < -0.39 is 28.2 Å². The summed E-state index contributed by atoms with van der Waals surface area (Å²) in [6, 6.07) is 8.54. The predicted octanol–water partition coefficient (Wildman–Crippen LogP) is 1.85. The largest absolute Gasteiger partial charge is 0.411 e. The van der Waals surface area contributed by atoms with E-state index in [0.29, 0.717) is 25.9 Å². The molecule has 7 heteroatoms. The maximum Gasteiger partial charge on any atom is 0.411 e. The third-order valence-corrected chi connectivity index (χ3v) is 6.23. The van der Waals surface area contributed by atoms with Crippen molar-refractivity contribution in [1.29, 1.82) is 0 Å². The van der Waals surface area contributed by atoms with Crippen LogP contribution in [0.2, 0.25) is 0 Å². The number of benzene rings is 1. The van der Waals surface area contributed by atoms with Crippen LogP contribution < -0.4 is 10.6 Å². The molecule has 1 unspecified atom stereocenters. The highest BCUT2D eigenvalue weighted by Gasteiger charge is 2.53. The zero-order valence-corrected chi connectivity index (χ0v) is 17.7. The molecule has 4 amide bonds. The number of carbonyl (C=O) groups excluding carboxylic acids is 4. The van der Waals surface area contributed by atoms with Gasteiger partial charge in [-0.05, 0) is 18.4 Å². The number of hydrogen-bond acceptors (Lipinski definition) is 4. The van der Waals surface area contributed by atoms with Gasteiger partial charge in [-0.25, -0.2) is 9.59 Å². The van der Waals surface area contributed by atoms with E-state index in [-0.39, 0.29) is 18.4 Å². The number of carbonyl (C=O) groups is 4.